The fourth-order valence-electron chi connectivity index (χ4n) is 4.26. The van der Waals surface area contributed by atoms with Crippen LogP contribution in [0.5, 0.6) is 0 Å². The molecule has 2 fully saturated rings. The number of aromatic amines is 1. The minimum Gasteiger partial charge on any atom is -0.480 e. The van der Waals surface area contributed by atoms with Gasteiger partial charge in [-0.3, -0.25) is 19.1 Å². The van der Waals surface area contributed by atoms with E-state index in [-0.39, 0.29) is 25.5 Å². The summed E-state index contributed by atoms with van der Waals surface area (Å²) in [5.74, 6) is -1.42. The molecule has 166 valence electrons. The quantitative estimate of drug-likeness (QED) is 0.545. The number of likely N-dealkylation sites (tertiary alicyclic amines) is 1. The Morgan fingerprint density at radius 1 is 1.30 bits per heavy atom. The van der Waals surface area contributed by atoms with Crippen molar-refractivity contribution in [1.29, 1.82) is 0 Å². The highest BCUT2D eigenvalue weighted by Gasteiger charge is 2.50. The summed E-state index contributed by atoms with van der Waals surface area (Å²) in [5, 5.41) is 19.7. The highest BCUT2D eigenvalue weighted by molar-refractivity contribution is 5.78. The molecule has 0 aromatic carbocycles. The van der Waals surface area contributed by atoms with Gasteiger partial charge in [-0.1, -0.05) is 0 Å². The Labute approximate surface area is 172 Å². The molecule has 11 heteroatoms. The molecular formula is C19H27N3O8. The minimum atomic E-state index is -1.26. The SMILES string of the molecule is Cc1cn([C@H]2COC3(CCN(C(=O)COCC(=O)O)CC3)C[C@]2(C)O)c(=O)[nH]c1=O. The molecule has 0 bridgehead atoms. The van der Waals surface area contributed by atoms with Gasteiger partial charge in [0.05, 0.1) is 23.9 Å². The third-order valence-corrected chi connectivity index (χ3v) is 5.91. The molecule has 2 saturated heterocycles. The summed E-state index contributed by atoms with van der Waals surface area (Å²) < 4.78 is 12.3. The number of nitrogens with zero attached hydrogens (tertiary/aromatic N) is 2. The molecule has 1 aromatic heterocycles. The first-order valence-corrected chi connectivity index (χ1v) is 9.79. The number of nitrogens with one attached hydrogen (secondary N) is 1. The first-order chi connectivity index (χ1) is 14.0. The van der Waals surface area contributed by atoms with Crippen LogP contribution in [0.4, 0.5) is 0 Å². The maximum Gasteiger partial charge on any atom is 0.329 e. The average molecular weight is 425 g/mol. The molecule has 3 N–H and O–H groups in total. The number of carboxylic acid groups (broad SMARTS) is 1. The lowest BCUT2D eigenvalue weighted by molar-refractivity contribution is -0.198. The van der Waals surface area contributed by atoms with Gasteiger partial charge in [0.25, 0.3) is 5.56 Å². The van der Waals surface area contributed by atoms with Crippen molar-refractivity contribution in [3.8, 4) is 0 Å². The van der Waals surface area contributed by atoms with E-state index in [9.17, 15) is 24.3 Å². The Bertz CT molecular complexity index is 926. The predicted octanol–water partition coefficient (Wildman–Crippen LogP) is -0.980. The standard InChI is InChI=1S/C19H27N3O8/c1-12-7-22(17(27)20-16(12)26)13-8-30-19(11-18(13,2)28)3-5-21(6-4-19)14(23)9-29-10-15(24)25/h7,13,28H,3-6,8-11H2,1-2H3,(H,24,25)(H,20,26,27)/t13-,18-/m0/s1. The molecular weight excluding hydrogens is 398 g/mol. The summed E-state index contributed by atoms with van der Waals surface area (Å²) in [6, 6.07) is -0.657. The molecule has 1 aromatic rings. The highest BCUT2D eigenvalue weighted by Crippen LogP contribution is 2.43. The number of ether oxygens (including phenoxy) is 2. The molecule has 0 unspecified atom stereocenters. The van der Waals surface area contributed by atoms with Crippen molar-refractivity contribution in [3.05, 3.63) is 32.6 Å². The first kappa shape index (κ1) is 22.2. The van der Waals surface area contributed by atoms with Crippen molar-refractivity contribution in [2.24, 2.45) is 0 Å². The number of carboxylic acids is 1. The number of aliphatic carboxylic acids is 1. The van der Waals surface area contributed by atoms with E-state index >= 15 is 0 Å². The van der Waals surface area contributed by atoms with Gasteiger partial charge in [-0.05, 0) is 26.7 Å². The van der Waals surface area contributed by atoms with Crippen LogP contribution >= 0.6 is 0 Å². The van der Waals surface area contributed by atoms with Crippen molar-refractivity contribution in [2.45, 2.75) is 50.4 Å². The second kappa shape index (κ2) is 8.32. The smallest absolute Gasteiger partial charge is 0.329 e. The molecule has 3 heterocycles. The number of aromatic nitrogens is 2. The fraction of sp³-hybridized carbons (Fsp3) is 0.684. The number of rotatable bonds is 5. The number of hydrogen-bond donors (Lipinski definition) is 3. The number of piperidine rings is 1. The van der Waals surface area contributed by atoms with E-state index in [4.69, 9.17) is 14.6 Å². The van der Waals surface area contributed by atoms with Crippen LogP contribution in [0.1, 0.15) is 37.8 Å². The van der Waals surface area contributed by atoms with Crippen LogP contribution in [-0.4, -0.2) is 80.7 Å². The number of carbonyl (C=O) groups is 2. The van der Waals surface area contributed by atoms with Crippen LogP contribution in [0.2, 0.25) is 0 Å². The van der Waals surface area contributed by atoms with Crippen LogP contribution in [0, 0.1) is 6.92 Å². The average Bonchev–Trinajstić information content (AvgIpc) is 2.65. The maximum absolute atomic E-state index is 12.2. The van der Waals surface area contributed by atoms with Gasteiger partial charge < -0.3 is 24.6 Å². The largest absolute Gasteiger partial charge is 0.480 e. The summed E-state index contributed by atoms with van der Waals surface area (Å²) in [7, 11) is 0. The lowest BCUT2D eigenvalue weighted by atomic mass is 9.75. The second-order valence-corrected chi connectivity index (χ2v) is 8.29. The fourth-order valence-corrected chi connectivity index (χ4v) is 4.26. The molecule has 2 aliphatic heterocycles. The number of hydrogen-bond acceptors (Lipinski definition) is 7. The predicted molar refractivity (Wildman–Crippen MR) is 103 cm³/mol. The highest BCUT2D eigenvalue weighted by atomic mass is 16.5. The molecule has 1 spiro atoms. The third-order valence-electron chi connectivity index (χ3n) is 5.91. The monoisotopic (exact) mass is 425 g/mol. The van der Waals surface area contributed by atoms with E-state index in [1.165, 1.54) is 10.8 Å². The van der Waals surface area contributed by atoms with Gasteiger partial charge in [0.1, 0.15) is 13.2 Å². The van der Waals surface area contributed by atoms with Gasteiger partial charge in [-0.2, -0.15) is 0 Å². The molecule has 0 aliphatic carbocycles. The van der Waals surface area contributed by atoms with Gasteiger partial charge in [-0.25, -0.2) is 9.59 Å². The van der Waals surface area contributed by atoms with Gasteiger partial charge >= 0.3 is 11.7 Å². The Morgan fingerprint density at radius 3 is 2.57 bits per heavy atom. The second-order valence-electron chi connectivity index (χ2n) is 8.29. The van der Waals surface area contributed by atoms with E-state index in [0.29, 0.717) is 31.5 Å². The molecule has 11 nitrogen and oxygen atoms in total. The molecule has 0 saturated carbocycles. The molecule has 3 rings (SSSR count). The van der Waals surface area contributed by atoms with Crippen molar-refractivity contribution in [3.63, 3.8) is 0 Å². The lowest BCUT2D eigenvalue weighted by Gasteiger charge is -2.51. The van der Waals surface area contributed by atoms with E-state index in [0.717, 1.165) is 0 Å². The number of amides is 1. The number of carbonyl (C=O) groups excluding carboxylic acids is 1. The van der Waals surface area contributed by atoms with Crippen molar-refractivity contribution >= 4 is 11.9 Å². The zero-order valence-electron chi connectivity index (χ0n) is 17.0. The minimum absolute atomic E-state index is 0.0913. The number of aryl methyl sites for hydroxylation is 1. The van der Waals surface area contributed by atoms with Crippen molar-refractivity contribution < 1.29 is 29.3 Å². The zero-order valence-corrected chi connectivity index (χ0v) is 17.0. The lowest BCUT2D eigenvalue weighted by Crippen LogP contribution is -2.59. The molecule has 2 aliphatic rings. The van der Waals surface area contributed by atoms with E-state index in [2.05, 4.69) is 4.98 Å². The summed E-state index contributed by atoms with van der Waals surface area (Å²) in [6.45, 7) is 3.29. The topological polar surface area (TPSA) is 151 Å². The van der Waals surface area contributed by atoms with Crippen LogP contribution < -0.4 is 11.2 Å². The molecule has 1 amide bonds. The van der Waals surface area contributed by atoms with Crippen LogP contribution in [0.15, 0.2) is 15.8 Å². The summed E-state index contributed by atoms with van der Waals surface area (Å²) in [6.07, 6.45) is 2.70. The van der Waals surface area contributed by atoms with Crippen molar-refractivity contribution in [2.75, 3.05) is 32.9 Å². The summed E-state index contributed by atoms with van der Waals surface area (Å²) in [5.41, 5.74) is -2.59. The van der Waals surface area contributed by atoms with Gasteiger partial charge in [0.15, 0.2) is 0 Å². The maximum atomic E-state index is 12.2. The van der Waals surface area contributed by atoms with E-state index in [1.54, 1.807) is 18.7 Å². The van der Waals surface area contributed by atoms with Gasteiger partial charge in [-0.15, -0.1) is 0 Å². The number of H-pyrrole nitrogens is 1. The van der Waals surface area contributed by atoms with Gasteiger partial charge in [0, 0.05) is 31.3 Å². The van der Waals surface area contributed by atoms with E-state index in [1.807, 2.05) is 0 Å². The molecule has 30 heavy (non-hydrogen) atoms. The van der Waals surface area contributed by atoms with Gasteiger partial charge in [0.2, 0.25) is 5.91 Å². The van der Waals surface area contributed by atoms with Crippen LogP contribution in [-0.2, 0) is 19.1 Å². The zero-order chi connectivity index (χ0) is 22.1. The Balaban J connectivity index is 1.64. The summed E-state index contributed by atoms with van der Waals surface area (Å²) >= 11 is 0. The Kier molecular flexibility index (Phi) is 6.16. The van der Waals surface area contributed by atoms with Crippen LogP contribution in [0.3, 0.4) is 0 Å². The number of aliphatic hydroxyl groups is 1. The summed E-state index contributed by atoms with van der Waals surface area (Å²) in [4.78, 5) is 50.3. The Morgan fingerprint density at radius 2 is 1.97 bits per heavy atom. The van der Waals surface area contributed by atoms with E-state index < -0.39 is 41.1 Å². The normalized spacial score (nSPS) is 26.0. The molecule has 0 radical (unpaired) electrons. The van der Waals surface area contributed by atoms with Crippen molar-refractivity contribution in [1.82, 2.24) is 14.5 Å². The third kappa shape index (κ3) is 4.63. The van der Waals surface area contributed by atoms with Crippen LogP contribution in [0.25, 0.3) is 0 Å². The molecule has 2 atom stereocenters. The Hall–Kier alpha value is -2.50. The first-order valence-electron chi connectivity index (χ1n) is 9.79.